The zero-order valence-electron chi connectivity index (χ0n) is 11.7. The van der Waals surface area contributed by atoms with Crippen molar-refractivity contribution >= 4 is 0 Å². The molecule has 0 spiro atoms. The van der Waals surface area contributed by atoms with Crippen molar-refractivity contribution in [3.8, 4) is 5.69 Å². The molecule has 2 heteroatoms. The number of hydrogen-bond donors (Lipinski definition) is 1. The maximum absolute atomic E-state index is 10.2. The first-order valence-corrected chi connectivity index (χ1v) is 7.19. The average molecular weight is 255 g/mol. The summed E-state index contributed by atoms with van der Waals surface area (Å²) in [5.41, 5.74) is 6.31. The summed E-state index contributed by atoms with van der Waals surface area (Å²) >= 11 is 0. The van der Waals surface area contributed by atoms with Gasteiger partial charge in [-0.3, -0.25) is 0 Å². The van der Waals surface area contributed by atoms with Crippen molar-refractivity contribution in [3.63, 3.8) is 0 Å². The number of rotatable bonds is 2. The van der Waals surface area contributed by atoms with Gasteiger partial charge in [-0.15, -0.1) is 0 Å². The third-order valence-electron chi connectivity index (χ3n) is 4.18. The van der Waals surface area contributed by atoms with Gasteiger partial charge in [0.05, 0.1) is 6.10 Å². The van der Waals surface area contributed by atoms with Crippen molar-refractivity contribution in [2.75, 3.05) is 0 Å². The number of aryl methyl sites for hydroxylation is 2. The summed E-state index contributed by atoms with van der Waals surface area (Å²) < 4.78 is 2.34. The highest BCUT2D eigenvalue weighted by atomic mass is 16.3. The summed E-state index contributed by atoms with van der Waals surface area (Å²) in [6, 6.07) is 10.7. The van der Waals surface area contributed by atoms with Crippen molar-refractivity contribution in [2.24, 2.45) is 0 Å². The first kappa shape index (κ1) is 12.5. The summed E-state index contributed by atoms with van der Waals surface area (Å²) in [7, 11) is 0. The van der Waals surface area contributed by atoms with Gasteiger partial charge in [-0.2, -0.15) is 0 Å². The molecule has 1 aliphatic carbocycles. The van der Waals surface area contributed by atoms with Gasteiger partial charge in [-0.05, 0) is 50.3 Å². The molecule has 0 bridgehead atoms. The molecule has 0 radical (unpaired) electrons. The molecular weight excluding hydrogens is 234 g/mol. The Morgan fingerprint density at radius 1 is 1.32 bits per heavy atom. The lowest BCUT2D eigenvalue weighted by atomic mass is 9.95. The molecule has 1 unspecified atom stereocenters. The fraction of sp³-hybridized carbons (Fsp3) is 0.412. The van der Waals surface area contributed by atoms with Crippen molar-refractivity contribution in [2.45, 2.75) is 45.6 Å². The minimum Gasteiger partial charge on any atom is -0.388 e. The topological polar surface area (TPSA) is 25.2 Å². The van der Waals surface area contributed by atoms with Gasteiger partial charge in [0, 0.05) is 22.6 Å². The van der Waals surface area contributed by atoms with E-state index in [1.165, 1.54) is 22.6 Å². The maximum atomic E-state index is 10.2. The van der Waals surface area contributed by atoms with E-state index in [9.17, 15) is 5.11 Å². The SMILES string of the molecule is CCc1ccccc1-n1c(C)cc2c1CCCC2O. The zero-order chi connectivity index (χ0) is 13.4. The molecule has 1 heterocycles. The molecule has 0 amide bonds. The van der Waals surface area contributed by atoms with E-state index >= 15 is 0 Å². The Hall–Kier alpha value is -1.54. The smallest absolute Gasteiger partial charge is 0.0807 e. The molecule has 1 aliphatic rings. The number of benzene rings is 1. The number of aliphatic hydroxyl groups is 1. The minimum absolute atomic E-state index is 0.280. The van der Waals surface area contributed by atoms with Crippen LogP contribution in [-0.2, 0) is 12.8 Å². The molecular formula is C17H21NO. The van der Waals surface area contributed by atoms with Crippen molar-refractivity contribution < 1.29 is 5.11 Å². The van der Waals surface area contributed by atoms with Gasteiger partial charge in [-0.1, -0.05) is 25.1 Å². The van der Waals surface area contributed by atoms with Crippen LogP contribution < -0.4 is 0 Å². The van der Waals surface area contributed by atoms with Crippen LogP contribution in [0.15, 0.2) is 30.3 Å². The summed E-state index contributed by atoms with van der Waals surface area (Å²) in [6.07, 6.45) is 3.79. The highest BCUT2D eigenvalue weighted by Gasteiger charge is 2.24. The van der Waals surface area contributed by atoms with E-state index in [0.717, 1.165) is 31.2 Å². The maximum Gasteiger partial charge on any atom is 0.0807 e. The third-order valence-corrected chi connectivity index (χ3v) is 4.18. The van der Waals surface area contributed by atoms with Crippen LogP contribution in [0.3, 0.4) is 0 Å². The fourth-order valence-electron chi connectivity index (χ4n) is 3.24. The highest BCUT2D eigenvalue weighted by molar-refractivity contribution is 5.48. The Bertz CT molecular complexity index is 597. The largest absolute Gasteiger partial charge is 0.388 e. The number of aromatic nitrogens is 1. The van der Waals surface area contributed by atoms with Crippen molar-refractivity contribution in [1.29, 1.82) is 0 Å². The zero-order valence-corrected chi connectivity index (χ0v) is 11.7. The molecule has 1 aromatic carbocycles. The molecule has 100 valence electrons. The molecule has 19 heavy (non-hydrogen) atoms. The Labute approximate surface area is 114 Å². The predicted octanol–water partition coefficient (Wildman–Crippen LogP) is 3.72. The second-order valence-corrected chi connectivity index (χ2v) is 5.41. The van der Waals surface area contributed by atoms with Crippen LogP contribution in [-0.4, -0.2) is 9.67 Å². The van der Waals surface area contributed by atoms with E-state index in [1.807, 2.05) is 0 Å². The fourth-order valence-corrected chi connectivity index (χ4v) is 3.24. The lowest BCUT2D eigenvalue weighted by Gasteiger charge is -2.21. The molecule has 0 aliphatic heterocycles. The molecule has 1 atom stereocenters. The average Bonchev–Trinajstić information content (AvgIpc) is 2.76. The van der Waals surface area contributed by atoms with Crippen LogP contribution in [0.4, 0.5) is 0 Å². The first-order valence-electron chi connectivity index (χ1n) is 7.19. The lowest BCUT2D eigenvalue weighted by Crippen LogP contribution is -2.12. The summed E-state index contributed by atoms with van der Waals surface area (Å²) in [4.78, 5) is 0. The van der Waals surface area contributed by atoms with Gasteiger partial charge in [0.2, 0.25) is 0 Å². The standard InChI is InChI=1S/C17H21NO/c1-3-13-7-4-5-8-15(13)18-12(2)11-14-16(18)9-6-10-17(14)19/h4-5,7-8,11,17,19H,3,6,9-10H2,1-2H3. The molecule has 0 saturated carbocycles. The number of fused-ring (bicyclic) bond motifs is 1. The van der Waals surface area contributed by atoms with Crippen molar-refractivity contribution in [1.82, 2.24) is 4.57 Å². The summed E-state index contributed by atoms with van der Waals surface area (Å²) in [5.74, 6) is 0. The van der Waals surface area contributed by atoms with Crippen LogP contribution in [0, 0.1) is 6.92 Å². The Balaban J connectivity index is 2.20. The van der Waals surface area contributed by atoms with Gasteiger partial charge in [0.15, 0.2) is 0 Å². The molecule has 2 aromatic rings. The molecule has 1 N–H and O–H groups in total. The van der Waals surface area contributed by atoms with Gasteiger partial charge in [-0.25, -0.2) is 0 Å². The summed E-state index contributed by atoms with van der Waals surface area (Å²) in [5, 5.41) is 10.2. The second kappa shape index (κ2) is 4.86. The molecule has 0 saturated heterocycles. The van der Waals surface area contributed by atoms with Crippen LogP contribution in [0.1, 0.15) is 48.4 Å². The number of para-hydroxylation sites is 1. The monoisotopic (exact) mass is 255 g/mol. The van der Waals surface area contributed by atoms with Gasteiger partial charge >= 0.3 is 0 Å². The lowest BCUT2D eigenvalue weighted by molar-refractivity contribution is 0.156. The van der Waals surface area contributed by atoms with E-state index in [1.54, 1.807) is 0 Å². The van der Waals surface area contributed by atoms with Crippen molar-refractivity contribution in [3.05, 3.63) is 52.8 Å². The minimum atomic E-state index is -0.280. The number of aliphatic hydroxyl groups excluding tert-OH is 1. The van der Waals surface area contributed by atoms with E-state index in [0.29, 0.717) is 0 Å². The van der Waals surface area contributed by atoms with Gasteiger partial charge in [0.1, 0.15) is 0 Å². The number of hydrogen-bond acceptors (Lipinski definition) is 1. The first-order chi connectivity index (χ1) is 9.22. The highest BCUT2D eigenvalue weighted by Crippen LogP contribution is 2.34. The molecule has 1 aromatic heterocycles. The Kier molecular flexibility index (Phi) is 3.19. The Morgan fingerprint density at radius 3 is 2.89 bits per heavy atom. The van der Waals surface area contributed by atoms with Crippen LogP contribution in [0.5, 0.6) is 0 Å². The van der Waals surface area contributed by atoms with Gasteiger partial charge in [0.25, 0.3) is 0 Å². The van der Waals surface area contributed by atoms with E-state index in [4.69, 9.17) is 0 Å². The number of nitrogens with zero attached hydrogens (tertiary/aromatic N) is 1. The summed E-state index contributed by atoms with van der Waals surface area (Å²) in [6.45, 7) is 4.33. The van der Waals surface area contributed by atoms with E-state index in [-0.39, 0.29) is 6.10 Å². The van der Waals surface area contributed by atoms with Crippen LogP contribution in [0.25, 0.3) is 5.69 Å². The second-order valence-electron chi connectivity index (χ2n) is 5.41. The van der Waals surface area contributed by atoms with Crippen LogP contribution in [0.2, 0.25) is 0 Å². The molecule has 3 rings (SSSR count). The third kappa shape index (κ3) is 2.00. The predicted molar refractivity (Wildman–Crippen MR) is 77.8 cm³/mol. The van der Waals surface area contributed by atoms with Gasteiger partial charge < -0.3 is 9.67 Å². The quantitative estimate of drug-likeness (QED) is 0.869. The Morgan fingerprint density at radius 2 is 2.11 bits per heavy atom. The van der Waals surface area contributed by atoms with Crippen LogP contribution >= 0.6 is 0 Å². The normalized spacial score (nSPS) is 18.4. The van der Waals surface area contributed by atoms with E-state index < -0.39 is 0 Å². The van der Waals surface area contributed by atoms with E-state index in [2.05, 4.69) is 48.7 Å². The molecule has 2 nitrogen and oxygen atoms in total. The molecule has 0 fully saturated rings.